The molecule has 1 spiro atoms. The molecule has 7 heteroatoms. The normalized spacial score (nSPS) is 21.4. The Morgan fingerprint density at radius 3 is 2.69 bits per heavy atom. The minimum atomic E-state index is 0.114. The van der Waals surface area contributed by atoms with Crippen molar-refractivity contribution in [2.45, 2.75) is 58.9 Å². The highest BCUT2D eigenvalue weighted by molar-refractivity contribution is 5.96. The minimum absolute atomic E-state index is 0.114. The fraction of sp³-hybridized carbons (Fsp3) is 0.684. The van der Waals surface area contributed by atoms with Crippen molar-refractivity contribution in [3.63, 3.8) is 0 Å². The van der Waals surface area contributed by atoms with E-state index in [0.29, 0.717) is 0 Å². The first kappa shape index (κ1) is 17.2. The second-order valence-corrected chi connectivity index (χ2v) is 8.01. The summed E-state index contributed by atoms with van der Waals surface area (Å²) < 4.78 is 3.98. The van der Waals surface area contributed by atoms with Crippen LogP contribution in [0, 0.1) is 19.3 Å². The van der Waals surface area contributed by atoms with Gasteiger partial charge < -0.3 is 9.47 Å². The van der Waals surface area contributed by atoms with E-state index in [1.165, 1.54) is 19.3 Å². The van der Waals surface area contributed by atoms with Gasteiger partial charge in [0.15, 0.2) is 0 Å². The molecule has 2 aromatic rings. The minimum Gasteiger partial charge on any atom is -0.337 e. The number of carbonyl (C=O) groups is 1. The average Bonchev–Trinajstić information content (AvgIpc) is 3.23. The zero-order chi connectivity index (χ0) is 18.5. The third-order valence-electron chi connectivity index (χ3n) is 6.43. The van der Waals surface area contributed by atoms with E-state index in [1.807, 2.05) is 32.1 Å². The number of hydrogen-bond donors (Lipinski definition) is 0. The van der Waals surface area contributed by atoms with Crippen LogP contribution in [-0.4, -0.2) is 48.4 Å². The third kappa shape index (κ3) is 2.47. The molecule has 1 aliphatic heterocycles. The van der Waals surface area contributed by atoms with Crippen molar-refractivity contribution in [1.29, 1.82) is 0 Å². The molecule has 4 rings (SSSR count). The van der Waals surface area contributed by atoms with Crippen molar-refractivity contribution in [2.24, 2.45) is 12.5 Å². The van der Waals surface area contributed by atoms with E-state index in [1.54, 1.807) is 4.68 Å². The molecule has 1 atom stereocenters. The molecule has 26 heavy (non-hydrogen) atoms. The molecule has 1 unspecified atom stereocenters. The van der Waals surface area contributed by atoms with Crippen molar-refractivity contribution in [1.82, 2.24) is 29.4 Å². The summed E-state index contributed by atoms with van der Waals surface area (Å²) in [7, 11) is 1.90. The largest absolute Gasteiger partial charge is 0.337 e. The van der Waals surface area contributed by atoms with Crippen LogP contribution in [0.4, 0.5) is 0 Å². The molecule has 3 heterocycles. The van der Waals surface area contributed by atoms with Gasteiger partial charge in [0, 0.05) is 38.3 Å². The number of amides is 1. The van der Waals surface area contributed by atoms with E-state index in [-0.39, 0.29) is 17.2 Å². The molecule has 0 N–H and O–H groups in total. The fourth-order valence-electron chi connectivity index (χ4n) is 4.80. The van der Waals surface area contributed by atoms with Crippen molar-refractivity contribution in [3.8, 4) is 0 Å². The van der Waals surface area contributed by atoms with Gasteiger partial charge in [-0.25, -0.2) is 0 Å². The Balaban J connectivity index is 1.65. The van der Waals surface area contributed by atoms with Gasteiger partial charge in [-0.15, -0.1) is 10.2 Å². The van der Waals surface area contributed by atoms with Crippen LogP contribution in [0.3, 0.4) is 0 Å². The predicted molar refractivity (Wildman–Crippen MR) is 97.9 cm³/mol. The van der Waals surface area contributed by atoms with Crippen molar-refractivity contribution in [3.05, 3.63) is 29.1 Å². The van der Waals surface area contributed by atoms with Gasteiger partial charge in [0.2, 0.25) is 0 Å². The number of aryl methyl sites for hydroxylation is 3. The number of aromatic nitrogens is 5. The van der Waals surface area contributed by atoms with Gasteiger partial charge in [0.25, 0.3) is 5.91 Å². The molecule has 1 amide bonds. The molecule has 1 aliphatic carbocycles. The first-order valence-electron chi connectivity index (χ1n) is 9.64. The maximum Gasteiger partial charge on any atom is 0.257 e. The lowest BCUT2D eigenvalue weighted by molar-refractivity contribution is 0.0721. The predicted octanol–water partition coefficient (Wildman–Crippen LogP) is 2.45. The molecular weight excluding hydrogens is 328 g/mol. The SMILES string of the molecule is CCCn1cnnc1C1CN(C(=O)c2c(C)nn(C)c2C)CC12CCC2. The van der Waals surface area contributed by atoms with Crippen molar-refractivity contribution >= 4 is 5.91 Å². The first-order valence-corrected chi connectivity index (χ1v) is 9.64. The van der Waals surface area contributed by atoms with Crippen LogP contribution in [0.1, 0.15) is 66.1 Å². The molecule has 1 saturated heterocycles. The van der Waals surface area contributed by atoms with Crippen LogP contribution in [0.2, 0.25) is 0 Å². The average molecular weight is 356 g/mol. The van der Waals surface area contributed by atoms with Crippen LogP contribution in [0.15, 0.2) is 6.33 Å². The monoisotopic (exact) mass is 356 g/mol. The number of hydrogen-bond acceptors (Lipinski definition) is 4. The summed E-state index contributed by atoms with van der Waals surface area (Å²) in [5.41, 5.74) is 2.69. The highest BCUT2D eigenvalue weighted by atomic mass is 16.2. The zero-order valence-electron chi connectivity index (χ0n) is 16.2. The molecule has 1 saturated carbocycles. The van der Waals surface area contributed by atoms with Crippen molar-refractivity contribution < 1.29 is 4.79 Å². The molecule has 140 valence electrons. The summed E-state index contributed by atoms with van der Waals surface area (Å²) in [6.07, 6.45) is 6.48. The second kappa shape index (κ2) is 6.21. The Morgan fingerprint density at radius 1 is 1.35 bits per heavy atom. The van der Waals surface area contributed by atoms with E-state index in [2.05, 4.69) is 26.8 Å². The van der Waals surface area contributed by atoms with E-state index >= 15 is 0 Å². The maximum absolute atomic E-state index is 13.3. The molecule has 2 aromatic heterocycles. The zero-order valence-corrected chi connectivity index (χ0v) is 16.2. The van der Waals surface area contributed by atoms with Gasteiger partial charge in [-0.05, 0) is 38.5 Å². The molecule has 2 aliphatic rings. The standard InChI is InChI=1S/C19H28N6O/c1-5-9-24-12-20-21-17(24)15-10-25(11-19(15)7-6-8-19)18(26)16-13(2)22-23(4)14(16)3/h12,15H,5-11H2,1-4H3. The highest BCUT2D eigenvalue weighted by Gasteiger charge is 2.53. The molecule has 2 fully saturated rings. The van der Waals surface area contributed by atoms with Crippen LogP contribution >= 0.6 is 0 Å². The summed E-state index contributed by atoms with van der Waals surface area (Å²) in [6, 6.07) is 0. The van der Waals surface area contributed by atoms with Gasteiger partial charge in [0.05, 0.1) is 11.3 Å². The molecule has 0 aromatic carbocycles. The van der Waals surface area contributed by atoms with Crippen LogP contribution in [-0.2, 0) is 13.6 Å². The number of likely N-dealkylation sites (tertiary alicyclic amines) is 1. The van der Waals surface area contributed by atoms with Crippen LogP contribution in [0.5, 0.6) is 0 Å². The molecular formula is C19H28N6O. The lowest BCUT2D eigenvalue weighted by Crippen LogP contribution is -2.38. The van der Waals surface area contributed by atoms with Gasteiger partial charge >= 0.3 is 0 Å². The Bertz CT molecular complexity index is 831. The smallest absolute Gasteiger partial charge is 0.257 e. The molecule has 0 radical (unpaired) electrons. The Kier molecular flexibility index (Phi) is 4.12. The molecule has 0 bridgehead atoms. The number of rotatable bonds is 4. The van der Waals surface area contributed by atoms with Gasteiger partial charge in [-0.2, -0.15) is 5.10 Å². The summed E-state index contributed by atoms with van der Waals surface area (Å²) in [4.78, 5) is 15.3. The maximum atomic E-state index is 13.3. The summed E-state index contributed by atoms with van der Waals surface area (Å²) >= 11 is 0. The highest BCUT2D eigenvalue weighted by Crippen LogP contribution is 2.55. The van der Waals surface area contributed by atoms with E-state index in [9.17, 15) is 4.79 Å². The lowest BCUT2D eigenvalue weighted by atomic mass is 9.62. The van der Waals surface area contributed by atoms with E-state index < -0.39 is 0 Å². The fourth-order valence-corrected chi connectivity index (χ4v) is 4.80. The summed E-state index contributed by atoms with van der Waals surface area (Å²) in [5, 5.41) is 13.0. The Morgan fingerprint density at radius 2 is 2.12 bits per heavy atom. The van der Waals surface area contributed by atoms with Gasteiger partial charge in [0.1, 0.15) is 12.2 Å². The van der Waals surface area contributed by atoms with E-state index in [4.69, 9.17) is 0 Å². The van der Waals surface area contributed by atoms with Crippen molar-refractivity contribution in [2.75, 3.05) is 13.1 Å². The summed E-state index contributed by atoms with van der Waals surface area (Å²) in [6.45, 7) is 8.55. The first-order chi connectivity index (χ1) is 12.5. The van der Waals surface area contributed by atoms with Gasteiger partial charge in [-0.3, -0.25) is 9.48 Å². The Labute approximate surface area is 154 Å². The number of nitrogens with zero attached hydrogens (tertiary/aromatic N) is 6. The van der Waals surface area contributed by atoms with Gasteiger partial charge in [-0.1, -0.05) is 13.3 Å². The van der Waals surface area contributed by atoms with Crippen LogP contribution in [0.25, 0.3) is 0 Å². The number of carbonyl (C=O) groups excluding carboxylic acids is 1. The topological polar surface area (TPSA) is 68.8 Å². The lowest BCUT2D eigenvalue weighted by Gasteiger charge is -2.42. The second-order valence-electron chi connectivity index (χ2n) is 8.01. The third-order valence-corrected chi connectivity index (χ3v) is 6.43. The summed E-state index contributed by atoms with van der Waals surface area (Å²) in [5.74, 6) is 1.46. The Hall–Kier alpha value is -2.18. The van der Waals surface area contributed by atoms with Crippen LogP contribution < -0.4 is 0 Å². The van der Waals surface area contributed by atoms with E-state index in [0.717, 1.165) is 48.8 Å². The quantitative estimate of drug-likeness (QED) is 0.844. The molecule has 7 nitrogen and oxygen atoms in total.